The zero-order valence-corrected chi connectivity index (χ0v) is 8.93. The third kappa shape index (κ3) is 1.24. The van der Waals surface area contributed by atoms with Crippen molar-refractivity contribution in [2.45, 2.75) is 11.8 Å². The van der Waals surface area contributed by atoms with Gasteiger partial charge in [-0.3, -0.25) is 0 Å². The molecule has 0 fully saturated rings. The van der Waals surface area contributed by atoms with Crippen molar-refractivity contribution in [1.82, 2.24) is 0 Å². The summed E-state index contributed by atoms with van der Waals surface area (Å²) in [5.74, 6) is 0. The maximum Gasteiger partial charge on any atom is 0.0621 e. The fourth-order valence-electron chi connectivity index (χ4n) is 1.18. The molecule has 1 heterocycles. The molecule has 0 unspecified atom stereocenters. The van der Waals surface area contributed by atoms with Gasteiger partial charge in [-0.15, -0.1) is 24.0 Å². The van der Waals surface area contributed by atoms with E-state index in [1.165, 1.54) is 9.58 Å². The number of hydrogen-bond acceptors (Lipinski definition) is 2. The minimum Gasteiger partial charge on any atom is -0.143 e. The van der Waals surface area contributed by atoms with E-state index in [2.05, 4.69) is 18.7 Å². The van der Waals surface area contributed by atoms with Crippen LogP contribution in [0.15, 0.2) is 23.1 Å². The molecule has 0 spiro atoms. The molecule has 0 N–H and O–H groups in total. The zero-order chi connectivity index (χ0) is 8.72. The van der Waals surface area contributed by atoms with Gasteiger partial charge in [-0.2, -0.15) is 0 Å². The number of hydrogen-bond donors (Lipinski definition) is 1. The molecular weight excluding hydrogens is 208 g/mol. The van der Waals surface area contributed by atoms with E-state index in [9.17, 15) is 0 Å². The first kappa shape index (κ1) is 8.42. The average Bonchev–Trinajstić information content (AvgIpc) is 2.31. The standard InChI is InChI=1S/C9H7ClS2/c1-5-9(10)7-4-6(11)2-3-8(7)12-5/h2-4,11H,1H3. The lowest BCUT2D eigenvalue weighted by atomic mass is 10.2. The van der Waals surface area contributed by atoms with Crippen molar-refractivity contribution in [2.75, 3.05) is 0 Å². The van der Waals surface area contributed by atoms with Crippen molar-refractivity contribution in [2.24, 2.45) is 0 Å². The van der Waals surface area contributed by atoms with E-state index in [0.717, 1.165) is 15.3 Å². The van der Waals surface area contributed by atoms with Crippen molar-refractivity contribution in [1.29, 1.82) is 0 Å². The predicted octanol–water partition coefficient (Wildman–Crippen LogP) is 4.15. The van der Waals surface area contributed by atoms with Crippen LogP contribution in [-0.4, -0.2) is 0 Å². The summed E-state index contributed by atoms with van der Waals surface area (Å²) >= 11 is 12.1. The Kier molecular flexibility index (Phi) is 2.07. The van der Waals surface area contributed by atoms with Crippen LogP contribution in [0.4, 0.5) is 0 Å². The van der Waals surface area contributed by atoms with Gasteiger partial charge in [0.2, 0.25) is 0 Å². The quantitative estimate of drug-likeness (QED) is 0.626. The van der Waals surface area contributed by atoms with Gasteiger partial charge in [0.15, 0.2) is 0 Å². The largest absolute Gasteiger partial charge is 0.143 e. The van der Waals surface area contributed by atoms with E-state index in [0.29, 0.717) is 0 Å². The van der Waals surface area contributed by atoms with Crippen LogP contribution < -0.4 is 0 Å². The molecule has 2 rings (SSSR count). The number of benzene rings is 1. The zero-order valence-electron chi connectivity index (χ0n) is 6.47. The van der Waals surface area contributed by atoms with Crippen LogP contribution in [-0.2, 0) is 0 Å². The summed E-state index contributed by atoms with van der Waals surface area (Å²) < 4.78 is 1.23. The molecule has 2 aromatic rings. The number of aryl methyl sites for hydroxylation is 1. The van der Waals surface area contributed by atoms with Gasteiger partial charge in [0.05, 0.1) is 5.02 Å². The third-order valence-corrected chi connectivity index (χ3v) is 3.74. The molecule has 62 valence electrons. The molecule has 12 heavy (non-hydrogen) atoms. The molecule has 0 bridgehead atoms. The molecule has 0 aliphatic carbocycles. The van der Waals surface area contributed by atoms with E-state index >= 15 is 0 Å². The van der Waals surface area contributed by atoms with Crippen molar-refractivity contribution in [3.63, 3.8) is 0 Å². The fourth-order valence-corrected chi connectivity index (χ4v) is 2.65. The smallest absolute Gasteiger partial charge is 0.0621 e. The molecule has 1 aromatic carbocycles. The Morgan fingerprint density at radius 1 is 1.42 bits per heavy atom. The Bertz CT molecular complexity index is 431. The van der Waals surface area contributed by atoms with Crippen LogP contribution in [0.25, 0.3) is 10.1 Å². The van der Waals surface area contributed by atoms with Crippen LogP contribution in [0.5, 0.6) is 0 Å². The van der Waals surface area contributed by atoms with Crippen molar-refractivity contribution in [3.8, 4) is 0 Å². The third-order valence-electron chi connectivity index (χ3n) is 1.77. The van der Waals surface area contributed by atoms with Gasteiger partial charge in [-0.1, -0.05) is 11.6 Å². The first-order chi connectivity index (χ1) is 5.68. The van der Waals surface area contributed by atoms with Crippen LogP contribution in [0, 0.1) is 6.92 Å². The van der Waals surface area contributed by atoms with E-state index in [-0.39, 0.29) is 0 Å². The fraction of sp³-hybridized carbons (Fsp3) is 0.111. The van der Waals surface area contributed by atoms with E-state index in [4.69, 9.17) is 11.6 Å². The molecule has 0 atom stereocenters. The topological polar surface area (TPSA) is 0 Å². The van der Waals surface area contributed by atoms with Gasteiger partial charge >= 0.3 is 0 Å². The Morgan fingerprint density at radius 2 is 2.17 bits per heavy atom. The lowest BCUT2D eigenvalue weighted by molar-refractivity contribution is 1.54. The highest BCUT2D eigenvalue weighted by Gasteiger charge is 2.05. The first-order valence-corrected chi connectivity index (χ1v) is 5.20. The molecule has 0 aliphatic heterocycles. The molecule has 1 aromatic heterocycles. The minimum absolute atomic E-state index is 0.867. The van der Waals surface area contributed by atoms with Crippen molar-refractivity contribution >= 4 is 45.7 Å². The summed E-state index contributed by atoms with van der Waals surface area (Å²) in [6, 6.07) is 6.04. The second-order valence-electron chi connectivity index (χ2n) is 2.65. The maximum absolute atomic E-state index is 6.09. The molecule has 3 heteroatoms. The van der Waals surface area contributed by atoms with Crippen molar-refractivity contribution in [3.05, 3.63) is 28.1 Å². The van der Waals surface area contributed by atoms with E-state index < -0.39 is 0 Å². The molecule has 0 nitrogen and oxygen atoms in total. The van der Waals surface area contributed by atoms with Crippen LogP contribution in [0.3, 0.4) is 0 Å². The SMILES string of the molecule is Cc1sc2ccc(S)cc2c1Cl. The maximum atomic E-state index is 6.09. The lowest BCUT2D eigenvalue weighted by Gasteiger charge is -1.91. The summed E-state index contributed by atoms with van der Waals surface area (Å²) in [5.41, 5.74) is 0. The minimum atomic E-state index is 0.867. The summed E-state index contributed by atoms with van der Waals surface area (Å²) in [6.07, 6.45) is 0. The molecule has 0 radical (unpaired) electrons. The molecule has 0 saturated carbocycles. The van der Waals surface area contributed by atoms with Gasteiger partial charge in [-0.05, 0) is 25.1 Å². The number of halogens is 1. The average molecular weight is 215 g/mol. The van der Waals surface area contributed by atoms with Gasteiger partial charge in [0.1, 0.15) is 0 Å². The Balaban J connectivity index is 2.88. The van der Waals surface area contributed by atoms with E-state index in [1.807, 2.05) is 19.1 Å². The molecule has 0 saturated heterocycles. The summed E-state index contributed by atoms with van der Waals surface area (Å²) in [4.78, 5) is 2.13. The van der Waals surface area contributed by atoms with Gasteiger partial charge in [0, 0.05) is 19.9 Å². The Morgan fingerprint density at radius 3 is 2.92 bits per heavy atom. The predicted molar refractivity (Wildman–Crippen MR) is 58.8 cm³/mol. The lowest BCUT2D eigenvalue weighted by Crippen LogP contribution is -1.66. The number of thiol groups is 1. The monoisotopic (exact) mass is 214 g/mol. The number of rotatable bonds is 0. The Labute approximate surface area is 85.6 Å². The summed E-state index contributed by atoms with van der Waals surface area (Å²) in [5, 5.41) is 1.98. The normalized spacial score (nSPS) is 10.9. The Hall–Kier alpha value is -0.180. The van der Waals surface area contributed by atoms with E-state index in [1.54, 1.807) is 11.3 Å². The summed E-state index contributed by atoms with van der Waals surface area (Å²) in [6.45, 7) is 2.03. The molecule has 0 amide bonds. The molecular formula is C9H7ClS2. The second-order valence-corrected chi connectivity index (χ2v) is 4.80. The number of fused-ring (bicyclic) bond motifs is 1. The second kappa shape index (κ2) is 2.95. The number of thiophene rings is 1. The van der Waals surface area contributed by atoms with Crippen LogP contribution in [0.2, 0.25) is 5.02 Å². The van der Waals surface area contributed by atoms with Gasteiger partial charge in [-0.25, -0.2) is 0 Å². The summed E-state index contributed by atoms with van der Waals surface area (Å²) in [7, 11) is 0. The van der Waals surface area contributed by atoms with Crippen molar-refractivity contribution < 1.29 is 0 Å². The van der Waals surface area contributed by atoms with Gasteiger partial charge < -0.3 is 0 Å². The van der Waals surface area contributed by atoms with Gasteiger partial charge in [0.25, 0.3) is 0 Å². The first-order valence-electron chi connectivity index (χ1n) is 3.56. The highest BCUT2D eigenvalue weighted by atomic mass is 35.5. The van der Waals surface area contributed by atoms with Crippen LogP contribution >= 0.6 is 35.6 Å². The van der Waals surface area contributed by atoms with Crippen LogP contribution in [0.1, 0.15) is 4.88 Å². The molecule has 0 aliphatic rings. The highest BCUT2D eigenvalue weighted by molar-refractivity contribution is 7.80. The highest BCUT2D eigenvalue weighted by Crippen LogP contribution is 2.35.